The van der Waals surface area contributed by atoms with Crippen LogP contribution in [0, 0.1) is 0 Å². The maximum absolute atomic E-state index is 12.4. The molecule has 4 aromatic rings. The quantitative estimate of drug-likeness (QED) is 0.358. The first-order chi connectivity index (χ1) is 16.5. The molecule has 0 unspecified atom stereocenters. The third-order valence-corrected chi connectivity index (χ3v) is 4.78. The first-order valence-corrected chi connectivity index (χ1v) is 10.2. The summed E-state index contributed by atoms with van der Waals surface area (Å²) in [5, 5.41) is 20.3. The number of ether oxygens (including phenoxy) is 2. The summed E-state index contributed by atoms with van der Waals surface area (Å²) in [5.74, 6) is -0.0854. The zero-order valence-corrected chi connectivity index (χ0v) is 18.2. The number of esters is 1. The maximum Gasteiger partial charge on any atom is 0.360 e. The topological polar surface area (TPSA) is 142 Å². The first kappa shape index (κ1) is 22.5. The number of phenols is 1. The molecular weight excluding hydrogens is 442 g/mol. The van der Waals surface area contributed by atoms with E-state index in [0.717, 1.165) is 12.0 Å². The van der Waals surface area contributed by atoms with Crippen LogP contribution in [0.2, 0.25) is 0 Å². The molecule has 0 saturated carbocycles. The average Bonchev–Trinajstić information content (AvgIpc) is 3.51. The number of rotatable bonds is 9. The summed E-state index contributed by atoms with van der Waals surface area (Å²) in [6, 6.07) is 13.5. The second kappa shape index (κ2) is 10.3. The number of oxazole rings is 1. The van der Waals surface area contributed by atoms with Gasteiger partial charge in [0.2, 0.25) is 0 Å². The van der Waals surface area contributed by atoms with Crippen molar-refractivity contribution in [3.05, 3.63) is 89.4 Å². The highest BCUT2D eigenvalue weighted by molar-refractivity contribution is 5.94. The number of aromatic nitrogens is 4. The van der Waals surface area contributed by atoms with Gasteiger partial charge in [0.15, 0.2) is 17.8 Å². The Morgan fingerprint density at radius 2 is 2.00 bits per heavy atom. The Hall–Kier alpha value is -4.67. The number of carbonyl (C=O) groups is 2. The highest BCUT2D eigenvalue weighted by atomic mass is 16.5. The lowest BCUT2D eigenvalue weighted by Gasteiger charge is -2.06. The van der Waals surface area contributed by atoms with Crippen molar-refractivity contribution < 1.29 is 28.6 Å². The van der Waals surface area contributed by atoms with E-state index < -0.39 is 5.97 Å². The van der Waals surface area contributed by atoms with Crippen molar-refractivity contribution in [2.45, 2.75) is 19.7 Å². The number of phenolic OH excluding ortho intramolecular Hbond substituents is 1. The van der Waals surface area contributed by atoms with Gasteiger partial charge in [-0.1, -0.05) is 23.4 Å². The number of benzene rings is 2. The van der Waals surface area contributed by atoms with Crippen molar-refractivity contribution in [1.29, 1.82) is 0 Å². The molecule has 0 spiro atoms. The van der Waals surface area contributed by atoms with Gasteiger partial charge in [0, 0.05) is 11.6 Å². The van der Waals surface area contributed by atoms with Gasteiger partial charge in [-0.2, -0.15) is 0 Å². The molecule has 0 aliphatic rings. The van der Waals surface area contributed by atoms with E-state index >= 15 is 0 Å². The molecule has 0 fully saturated rings. The molecule has 0 saturated heterocycles. The van der Waals surface area contributed by atoms with Gasteiger partial charge >= 0.3 is 5.97 Å². The fourth-order valence-electron chi connectivity index (χ4n) is 3.08. The largest absolute Gasteiger partial charge is 0.508 e. The zero-order valence-electron chi connectivity index (χ0n) is 18.2. The molecule has 0 radical (unpaired) electrons. The van der Waals surface area contributed by atoms with Crippen molar-refractivity contribution >= 4 is 11.9 Å². The van der Waals surface area contributed by atoms with E-state index in [4.69, 9.17) is 9.15 Å². The number of aromatic hydroxyl groups is 1. The monoisotopic (exact) mass is 463 g/mol. The molecule has 11 heteroatoms. The minimum Gasteiger partial charge on any atom is -0.508 e. The van der Waals surface area contributed by atoms with Crippen LogP contribution in [0.15, 0.2) is 65.5 Å². The molecule has 2 N–H and O–H groups in total. The summed E-state index contributed by atoms with van der Waals surface area (Å²) in [6.45, 7) is 0.671. The first-order valence-electron chi connectivity index (χ1n) is 10.2. The normalized spacial score (nSPS) is 10.6. The number of nitrogens with zero attached hydrogens (tertiary/aromatic N) is 4. The van der Waals surface area contributed by atoms with Crippen LogP contribution < -0.4 is 10.1 Å². The summed E-state index contributed by atoms with van der Waals surface area (Å²) in [4.78, 5) is 27.9. The van der Waals surface area contributed by atoms with Crippen molar-refractivity contribution in [2.75, 3.05) is 7.11 Å². The Kier molecular flexibility index (Phi) is 6.82. The number of nitrogens with one attached hydrogen (secondary N) is 1. The van der Waals surface area contributed by atoms with Crippen LogP contribution in [0.5, 0.6) is 11.5 Å². The Morgan fingerprint density at radius 1 is 1.18 bits per heavy atom. The van der Waals surface area contributed by atoms with E-state index in [1.165, 1.54) is 13.2 Å². The SMILES string of the molecule is COC(=O)c1ncoc1CNC(=O)c1ccc(Cn2cc(COc3cccc(O)c3)nn2)cc1. The Balaban J connectivity index is 1.29. The van der Waals surface area contributed by atoms with E-state index in [2.05, 4.69) is 25.3 Å². The molecule has 34 heavy (non-hydrogen) atoms. The zero-order chi connectivity index (χ0) is 23.9. The molecular formula is C23H21N5O6. The molecule has 0 aliphatic carbocycles. The average molecular weight is 463 g/mol. The smallest absolute Gasteiger partial charge is 0.360 e. The van der Waals surface area contributed by atoms with Crippen LogP contribution in [0.25, 0.3) is 0 Å². The van der Waals surface area contributed by atoms with Gasteiger partial charge in [0.25, 0.3) is 5.91 Å². The molecule has 0 aliphatic heterocycles. The van der Waals surface area contributed by atoms with Crippen LogP contribution in [0.3, 0.4) is 0 Å². The van der Waals surface area contributed by atoms with E-state index in [-0.39, 0.29) is 36.3 Å². The standard InChI is InChI=1S/C23H21N5O6/c1-32-23(31)21-20(34-14-25-21)10-24-22(30)16-7-5-15(6-8-16)11-28-12-17(26-27-28)13-33-19-4-2-3-18(29)9-19/h2-9,12,14,29H,10-11,13H2,1H3,(H,24,30). The summed E-state index contributed by atoms with van der Waals surface area (Å²) in [7, 11) is 1.24. The molecule has 4 rings (SSSR count). The number of hydrogen-bond donors (Lipinski definition) is 2. The van der Waals surface area contributed by atoms with Crippen LogP contribution in [0.4, 0.5) is 0 Å². The number of methoxy groups -OCH3 is 1. The lowest BCUT2D eigenvalue weighted by atomic mass is 10.1. The Morgan fingerprint density at radius 3 is 2.76 bits per heavy atom. The van der Waals surface area contributed by atoms with E-state index in [1.807, 2.05) is 12.1 Å². The Bertz CT molecular complexity index is 1280. The lowest BCUT2D eigenvalue weighted by molar-refractivity contribution is 0.0591. The van der Waals surface area contributed by atoms with Crippen LogP contribution in [-0.2, 0) is 24.4 Å². The highest BCUT2D eigenvalue weighted by Crippen LogP contribution is 2.18. The number of carbonyl (C=O) groups excluding carboxylic acids is 2. The van der Waals surface area contributed by atoms with E-state index in [9.17, 15) is 14.7 Å². The number of amides is 1. The van der Waals surface area contributed by atoms with Crippen LogP contribution in [-0.4, -0.2) is 44.1 Å². The number of hydrogen-bond acceptors (Lipinski definition) is 9. The molecule has 11 nitrogen and oxygen atoms in total. The van der Waals surface area contributed by atoms with Crippen LogP contribution >= 0.6 is 0 Å². The molecule has 174 valence electrons. The minimum absolute atomic E-state index is 0.00256. The molecule has 0 atom stereocenters. The predicted octanol–water partition coefficient (Wildman–Crippen LogP) is 2.32. The van der Waals surface area contributed by atoms with Crippen molar-refractivity contribution in [3.8, 4) is 11.5 Å². The highest BCUT2D eigenvalue weighted by Gasteiger charge is 2.18. The fraction of sp³-hybridized carbons (Fsp3) is 0.174. The molecule has 2 aromatic carbocycles. The van der Waals surface area contributed by atoms with Gasteiger partial charge in [0.05, 0.1) is 26.4 Å². The Labute approximate surface area is 193 Å². The van der Waals surface area contributed by atoms with Gasteiger partial charge in [-0.15, -0.1) is 5.10 Å². The van der Waals surface area contributed by atoms with Gasteiger partial charge in [-0.25, -0.2) is 14.5 Å². The molecule has 1 amide bonds. The van der Waals surface area contributed by atoms with Gasteiger partial charge in [-0.3, -0.25) is 4.79 Å². The van der Waals surface area contributed by atoms with E-state index in [0.29, 0.717) is 23.6 Å². The van der Waals surface area contributed by atoms with Gasteiger partial charge < -0.3 is 24.3 Å². The fourth-order valence-corrected chi connectivity index (χ4v) is 3.08. The maximum atomic E-state index is 12.4. The summed E-state index contributed by atoms with van der Waals surface area (Å²) in [6.07, 6.45) is 2.89. The summed E-state index contributed by atoms with van der Waals surface area (Å²) < 4.78 is 17.0. The second-order valence-electron chi connectivity index (χ2n) is 7.19. The van der Waals surface area contributed by atoms with Crippen LogP contribution in [0.1, 0.15) is 37.9 Å². The van der Waals surface area contributed by atoms with Gasteiger partial charge in [0.1, 0.15) is 23.8 Å². The van der Waals surface area contributed by atoms with Crippen molar-refractivity contribution in [2.24, 2.45) is 0 Å². The predicted molar refractivity (Wildman–Crippen MR) is 117 cm³/mol. The van der Waals surface area contributed by atoms with Gasteiger partial charge in [-0.05, 0) is 29.8 Å². The molecule has 0 bridgehead atoms. The third-order valence-electron chi connectivity index (χ3n) is 4.78. The molecule has 2 aromatic heterocycles. The minimum atomic E-state index is -0.635. The van der Waals surface area contributed by atoms with E-state index in [1.54, 1.807) is 41.2 Å². The lowest BCUT2D eigenvalue weighted by Crippen LogP contribution is -2.23. The summed E-state index contributed by atoms with van der Waals surface area (Å²) >= 11 is 0. The molecule has 2 heterocycles. The van der Waals surface area contributed by atoms with Crippen molar-refractivity contribution in [3.63, 3.8) is 0 Å². The summed E-state index contributed by atoms with van der Waals surface area (Å²) in [5.41, 5.74) is 2.03. The second-order valence-corrected chi connectivity index (χ2v) is 7.19. The van der Waals surface area contributed by atoms with Crippen molar-refractivity contribution in [1.82, 2.24) is 25.3 Å². The third kappa shape index (κ3) is 5.57.